The number of benzene rings is 1. The monoisotopic (exact) mass is 324 g/mol. The summed E-state index contributed by atoms with van der Waals surface area (Å²) in [6.07, 6.45) is 0. The number of carbonyl (C=O) groups is 1. The fourth-order valence-corrected chi connectivity index (χ4v) is 2.99. The molecule has 0 heterocycles. The molecule has 0 aromatic heterocycles. The molecular weight excluding hydrogens is 316 g/mol. The molecule has 0 aliphatic heterocycles. The van der Waals surface area contributed by atoms with Crippen LogP contribution in [0.4, 0.5) is 0 Å². The predicted octanol–water partition coefficient (Wildman–Crippen LogP) is 2.68. The SMILES string of the molecule is CCS(=O)(=O)[C@H](Br)C(=O)c1ccc(Cl)cc1. The number of halogens is 2. The van der Waals surface area contributed by atoms with Crippen molar-refractivity contribution in [3.8, 4) is 0 Å². The fraction of sp³-hybridized carbons (Fsp3) is 0.300. The van der Waals surface area contributed by atoms with Gasteiger partial charge in [-0.15, -0.1) is 0 Å². The van der Waals surface area contributed by atoms with Gasteiger partial charge in [0, 0.05) is 16.3 Å². The van der Waals surface area contributed by atoms with Crippen molar-refractivity contribution >= 4 is 43.2 Å². The predicted molar refractivity (Wildman–Crippen MR) is 68.0 cm³/mol. The topological polar surface area (TPSA) is 51.2 Å². The highest BCUT2D eigenvalue weighted by Crippen LogP contribution is 2.18. The van der Waals surface area contributed by atoms with Gasteiger partial charge in [-0.2, -0.15) is 0 Å². The summed E-state index contributed by atoms with van der Waals surface area (Å²) >= 11 is 8.58. The van der Waals surface area contributed by atoms with Crippen LogP contribution in [0.2, 0.25) is 5.02 Å². The first-order valence-electron chi connectivity index (χ1n) is 4.54. The summed E-state index contributed by atoms with van der Waals surface area (Å²) in [5, 5.41) is 0.501. The Kier molecular flexibility index (Phi) is 4.52. The van der Waals surface area contributed by atoms with Gasteiger partial charge in [-0.3, -0.25) is 4.79 Å². The van der Waals surface area contributed by atoms with Gasteiger partial charge in [-0.1, -0.05) is 34.5 Å². The van der Waals surface area contributed by atoms with Gasteiger partial charge >= 0.3 is 0 Å². The van der Waals surface area contributed by atoms with Crippen molar-refractivity contribution in [1.29, 1.82) is 0 Å². The van der Waals surface area contributed by atoms with Crippen LogP contribution < -0.4 is 0 Å². The maximum atomic E-state index is 11.8. The standard InChI is InChI=1S/C10H10BrClO3S/c1-2-16(14,15)10(11)9(13)7-3-5-8(12)6-4-7/h3-6,10H,2H2,1H3/t10-/m0/s1. The summed E-state index contributed by atoms with van der Waals surface area (Å²) in [6.45, 7) is 1.50. The molecule has 6 heteroatoms. The van der Waals surface area contributed by atoms with Crippen LogP contribution >= 0.6 is 27.5 Å². The largest absolute Gasteiger partial charge is 0.292 e. The third-order valence-electron chi connectivity index (χ3n) is 2.05. The molecule has 0 saturated heterocycles. The molecule has 0 N–H and O–H groups in total. The van der Waals surface area contributed by atoms with Crippen LogP contribution in [0, 0.1) is 0 Å². The minimum atomic E-state index is -3.42. The molecule has 0 amide bonds. The number of sulfone groups is 1. The first-order chi connectivity index (χ1) is 7.38. The maximum absolute atomic E-state index is 11.8. The van der Waals surface area contributed by atoms with E-state index in [0.29, 0.717) is 10.6 Å². The van der Waals surface area contributed by atoms with E-state index in [1.165, 1.54) is 19.1 Å². The van der Waals surface area contributed by atoms with Crippen LogP contribution in [0.25, 0.3) is 0 Å². The molecule has 1 rings (SSSR count). The normalized spacial score (nSPS) is 13.4. The molecule has 0 aliphatic carbocycles. The molecule has 1 atom stereocenters. The number of ketones is 1. The molecule has 0 bridgehead atoms. The Morgan fingerprint density at radius 2 is 1.88 bits per heavy atom. The van der Waals surface area contributed by atoms with Crippen LogP contribution in [0.15, 0.2) is 24.3 Å². The third-order valence-corrected chi connectivity index (χ3v) is 6.08. The quantitative estimate of drug-likeness (QED) is 0.632. The van der Waals surface area contributed by atoms with Crippen molar-refractivity contribution in [2.24, 2.45) is 0 Å². The van der Waals surface area contributed by atoms with Crippen LogP contribution in [0.1, 0.15) is 17.3 Å². The smallest absolute Gasteiger partial charge is 0.191 e. The molecule has 0 aliphatic rings. The lowest BCUT2D eigenvalue weighted by Gasteiger charge is -2.08. The van der Waals surface area contributed by atoms with E-state index in [1.54, 1.807) is 12.1 Å². The zero-order chi connectivity index (χ0) is 12.3. The molecular formula is C10H10BrClO3S. The van der Waals surface area contributed by atoms with Crippen molar-refractivity contribution in [3.05, 3.63) is 34.9 Å². The van der Waals surface area contributed by atoms with Crippen LogP contribution in [0.5, 0.6) is 0 Å². The number of hydrogen-bond acceptors (Lipinski definition) is 3. The van der Waals surface area contributed by atoms with Crippen LogP contribution in [-0.4, -0.2) is 24.1 Å². The van der Waals surface area contributed by atoms with Crippen molar-refractivity contribution in [1.82, 2.24) is 0 Å². The zero-order valence-corrected chi connectivity index (χ0v) is 11.6. The average Bonchev–Trinajstić information content (AvgIpc) is 2.28. The van der Waals surface area contributed by atoms with Crippen molar-refractivity contribution in [2.75, 3.05) is 5.75 Å². The fourth-order valence-electron chi connectivity index (χ4n) is 1.05. The second kappa shape index (κ2) is 5.29. The lowest BCUT2D eigenvalue weighted by Crippen LogP contribution is -2.26. The summed E-state index contributed by atoms with van der Waals surface area (Å²) in [5.74, 6) is -0.555. The first kappa shape index (κ1) is 13.7. The van der Waals surface area contributed by atoms with Crippen LogP contribution in [-0.2, 0) is 9.84 Å². The molecule has 0 saturated carbocycles. The summed E-state index contributed by atoms with van der Waals surface area (Å²) in [5.41, 5.74) is 0.323. The third kappa shape index (κ3) is 3.06. The molecule has 0 unspecified atom stereocenters. The van der Waals surface area contributed by atoms with Crippen LogP contribution in [0.3, 0.4) is 0 Å². The molecule has 1 aromatic rings. The van der Waals surface area contributed by atoms with E-state index >= 15 is 0 Å². The van der Waals surface area contributed by atoms with Gasteiger partial charge in [-0.05, 0) is 24.3 Å². The lowest BCUT2D eigenvalue weighted by atomic mass is 10.1. The molecule has 0 spiro atoms. The van der Waals surface area contributed by atoms with E-state index in [1.807, 2.05) is 0 Å². The van der Waals surface area contributed by atoms with Crippen molar-refractivity contribution < 1.29 is 13.2 Å². The van der Waals surface area contributed by atoms with Crippen molar-refractivity contribution in [3.63, 3.8) is 0 Å². The highest BCUT2D eigenvalue weighted by molar-refractivity contribution is 9.11. The highest BCUT2D eigenvalue weighted by Gasteiger charge is 2.28. The molecule has 0 fully saturated rings. The summed E-state index contributed by atoms with van der Waals surface area (Å²) in [7, 11) is -3.42. The van der Waals surface area contributed by atoms with Gasteiger partial charge in [0.05, 0.1) is 0 Å². The van der Waals surface area contributed by atoms with Gasteiger partial charge in [0.2, 0.25) is 0 Å². The van der Waals surface area contributed by atoms with Gasteiger partial charge in [0.15, 0.2) is 19.8 Å². The zero-order valence-electron chi connectivity index (χ0n) is 8.48. The number of carbonyl (C=O) groups excluding carboxylic acids is 1. The first-order valence-corrected chi connectivity index (χ1v) is 7.55. The molecule has 88 valence electrons. The van der Waals surface area contributed by atoms with Gasteiger partial charge in [0.25, 0.3) is 0 Å². The minimum absolute atomic E-state index is 0.0811. The second-order valence-corrected chi connectivity index (χ2v) is 7.47. The molecule has 3 nitrogen and oxygen atoms in total. The Morgan fingerprint density at radius 1 is 1.38 bits per heavy atom. The Bertz CT molecular complexity index is 481. The molecule has 16 heavy (non-hydrogen) atoms. The summed E-state index contributed by atoms with van der Waals surface area (Å²) in [6, 6.07) is 6.11. The van der Waals surface area contributed by atoms with Gasteiger partial charge in [-0.25, -0.2) is 8.42 Å². The van der Waals surface area contributed by atoms with E-state index in [2.05, 4.69) is 15.9 Å². The van der Waals surface area contributed by atoms with E-state index in [0.717, 1.165) is 0 Å². The highest BCUT2D eigenvalue weighted by atomic mass is 79.9. The number of alkyl halides is 1. The lowest BCUT2D eigenvalue weighted by molar-refractivity contribution is 0.101. The number of Topliss-reactive ketones (excluding diaryl/α,β-unsaturated/α-hetero) is 1. The second-order valence-electron chi connectivity index (χ2n) is 3.14. The molecule has 1 aromatic carbocycles. The Labute approximate surface area is 108 Å². The van der Waals surface area contributed by atoms with E-state index in [-0.39, 0.29) is 5.75 Å². The van der Waals surface area contributed by atoms with E-state index < -0.39 is 19.8 Å². The molecule has 0 radical (unpaired) electrons. The Balaban J connectivity index is 2.99. The summed E-state index contributed by atoms with van der Waals surface area (Å²) < 4.78 is 21.8. The Morgan fingerprint density at radius 3 is 2.31 bits per heavy atom. The average molecular weight is 326 g/mol. The number of rotatable bonds is 4. The van der Waals surface area contributed by atoms with Gasteiger partial charge < -0.3 is 0 Å². The minimum Gasteiger partial charge on any atom is -0.292 e. The van der Waals surface area contributed by atoms with E-state index in [4.69, 9.17) is 11.6 Å². The summed E-state index contributed by atoms with van der Waals surface area (Å²) in [4.78, 5) is 11.8. The van der Waals surface area contributed by atoms with Crippen molar-refractivity contribution in [2.45, 2.75) is 11.1 Å². The van der Waals surface area contributed by atoms with Gasteiger partial charge in [0.1, 0.15) is 0 Å². The maximum Gasteiger partial charge on any atom is 0.191 e. The van der Waals surface area contributed by atoms with E-state index in [9.17, 15) is 13.2 Å². The Hall–Kier alpha value is -0.390. The number of hydrogen-bond donors (Lipinski definition) is 0.